The highest BCUT2D eigenvalue weighted by atomic mass is 32.2. The summed E-state index contributed by atoms with van der Waals surface area (Å²) < 4.78 is 3.02. The standard InChI is InChI=1S/C7H10N2S2/c10-7-8-2-3-9(7)6-1-4-11-5-6/h2-3,6H,1,4-5H2,(H,8,10). The van der Waals surface area contributed by atoms with Crippen LogP contribution in [0.5, 0.6) is 0 Å². The van der Waals surface area contributed by atoms with Gasteiger partial charge in [0.15, 0.2) is 4.77 Å². The second kappa shape index (κ2) is 3.03. The van der Waals surface area contributed by atoms with E-state index >= 15 is 0 Å². The lowest BCUT2D eigenvalue weighted by atomic mass is 10.3. The lowest BCUT2D eigenvalue weighted by Crippen LogP contribution is -2.05. The van der Waals surface area contributed by atoms with Crippen molar-refractivity contribution in [1.29, 1.82) is 0 Å². The fourth-order valence-corrected chi connectivity index (χ4v) is 2.84. The van der Waals surface area contributed by atoms with Crippen LogP contribution >= 0.6 is 24.0 Å². The molecule has 2 rings (SSSR count). The van der Waals surface area contributed by atoms with E-state index in [4.69, 9.17) is 12.2 Å². The molecule has 60 valence electrons. The zero-order chi connectivity index (χ0) is 7.68. The van der Waals surface area contributed by atoms with Gasteiger partial charge in [0.25, 0.3) is 0 Å². The van der Waals surface area contributed by atoms with Crippen LogP contribution in [0, 0.1) is 4.77 Å². The van der Waals surface area contributed by atoms with Crippen LogP contribution in [-0.4, -0.2) is 21.1 Å². The maximum absolute atomic E-state index is 5.12. The molecule has 0 spiro atoms. The number of hydrogen-bond donors (Lipinski definition) is 1. The number of aromatic amines is 1. The van der Waals surface area contributed by atoms with Crippen LogP contribution in [-0.2, 0) is 0 Å². The molecule has 1 N–H and O–H groups in total. The summed E-state index contributed by atoms with van der Waals surface area (Å²) in [5, 5.41) is 0. The molecular weight excluding hydrogens is 176 g/mol. The number of H-pyrrole nitrogens is 1. The van der Waals surface area contributed by atoms with Gasteiger partial charge in [-0.25, -0.2) is 0 Å². The Bertz CT molecular complexity index is 283. The molecule has 0 saturated carbocycles. The average Bonchev–Trinajstić information content (AvgIpc) is 2.55. The van der Waals surface area contributed by atoms with Crippen molar-refractivity contribution < 1.29 is 0 Å². The molecule has 1 atom stereocenters. The summed E-state index contributed by atoms with van der Waals surface area (Å²) in [4.78, 5) is 3.01. The molecule has 2 heterocycles. The fraction of sp³-hybridized carbons (Fsp3) is 0.571. The Hall–Kier alpha value is -0.220. The smallest absolute Gasteiger partial charge is 0.177 e. The molecule has 0 radical (unpaired) electrons. The van der Waals surface area contributed by atoms with Crippen molar-refractivity contribution in [3.05, 3.63) is 17.2 Å². The highest BCUT2D eigenvalue weighted by Gasteiger charge is 2.16. The molecular formula is C7H10N2S2. The van der Waals surface area contributed by atoms with Gasteiger partial charge in [-0.2, -0.15) is 11.8 Å². The summed E-state index contributed by atoms with van der Waals surface area (Å²) in [6.45, 7) is 0. The molecule has 0 aliphatic carbocycles. The van der Waals surface area contributed by atoms with Gasteiger partial charge in [-0.05, 0) is 24.4 Å². The van der Waals surface area contributed by atoms with Gasteiger partial charge >= 0.3 is 0 Å². The maximum Gasteiger partial charge on any atom is 0.177 e. The topological polar surface area (TPSA) is 20.7 Å². The summed E-state index contributed by atoms with van der Waals surface area (Å²) in [7, 11) is 0. The van der Waals surface area contributed by atoms with Crippen molar-refractivity contribution in [2.75, 3.05) is 11.5 Å². The molecule has 1 aliphatic heterocycles. The van der Waals surface area contributed by atoms with Crippen LogP contribution in [0.4, 0.5) is 0 Å². The van der Waals surface area contributed by atoms with E-state index in [0.29, 0.717) is 6.04 Å². The van der Waals surface area contributed by atoms with E-state index in [1.54, 1.807) is 0 Å². The lowest BCUT2D eigenvalue weighted by molar-refractivity contribution is 0.553. The summed E-state index contributed by atoms with van der Waals surface area (Å²) in [6.07, 6.45) is 5.21. The molecule has 1 aliphatic rings. The molecule has 11 heavy (non-hydrogen) atoms. The van der Waals surface area contributed by atoms with Crippen molar-refractivity contribution in [1.82, 2.24) is 9.55 Å². The third-order valence-electron chi connectivity index (χ3n) is 1.98. The molecule has 1 aromatic rings. The normalized spacial score (nSPS) is 24.2. The van der Waals surface area contributed by atoms with Crippen LogP contribution < -0.4 is 0 Å². The van der Waals surface area contributed by atoms with Gasteiger partial charge < -0.3 is 9.55 Å². The number of rotatable bonds is 1. The van der Waals surface area contributed by atoms with E-state index in [1.807, 2.05) is 24.2 Å². The highest BCUT2D eigenvalue weighted by molar-refractivity contribution is 7.99. The van der Waals surface area contributed by atoms with Crippen LogP contribution in [0.3, 0.4) is 0 Å². The van der Waals surface area contributed by atoms with Crippen LogP contribution in [0.1, 0.15) is 12.5 Å². The van der Waals surface area contributed by atoms with Crippen LogP contribution in [0.2, 0.25) is 0 Å². The molecule has 1 unspecified atom stereocenters. The minimum absolute atomic E-state index is 0.638. The van der Waals surface area contributed by atoms with Gasteiger partial charge in [0.05, 0.1) is 0 Å². The Balaban J connectivity index is 2.28. The van der Waals surface area contributed by atoms with Gasteiger partial charge in [-0.1, -0.05) is 0 Å². The SMILES string of the molecule is S=c1[nH]ccn1C1CCSC1. The van der Waals surface area contributed by atoms with Crippen LogP contribution in [0.15, 0.2) is 12.4 Å². The Kier molecular flexibility index (Phi) is 2.05. The highest BCUT2D eigenvalue weighted by Crippen LogP contribution is 2.27. The quantitative estimate of drug-likeness (QED) is 0.679. The number of nitrogens with one attached hydrogen (secondary N) is 1. The van der Waals surface area contributed by atoms with Crippen molar-refractivity contribution in [3.63, 3.8) is 0 Å². The van der Waals surface area contributed by atoms with Gasteiger partial charge in [-0.15, -0.1) is 0 Å². The number of aromatic nitrogens is 2. The van der Waals surface area contributed by atoms with E-state index in [9.17, 15) is 0 Å². The van der Waals surface area contributed by atoms with Crippen molar-refractivity contribution in [3.8, 4) is 0 Å². The van der Waals surface area contributed by atoms with Gasteiger partial charge in [0.1, 0.15) is 0 Å². The minimum atomic E-state index is 0.638. The Morgan fingerprint density at radius 1 is 1.73 bits per heavy atom. The van der Waals surface area contributed by atoms with Gasteiger partial charge in [0, 0.05) is 24.2 Å². The van der Waals surface area contributed by atoms with Crippen LogP contribution in [0.25, 0.3) is 0 Å². The second-order valence-corrected chi connectivity index (χ2v) is 4.23. The average molecular weight is 186 g/mol. The third kappa shape index (κ3) is 1.37. The van der Waals surface area contributed by atoms with E-state index in [-0.39, 0.29) is 0 Å². The number of thioether (sulfide) groups is 1. The van der Waals surface area contributed by atoms with Crippen molar-refractivity contribution in [2.45, 2.75) is 12.5 Å². The first-order valence-electron chi connectivity index (χ1n) is 3.71. The molecule has 0 bridgehead atoms. The maximum atomic E-state index is 5.12. The first kappa shape index (κ1) is 7.43. The number of nitrogens with zero attached hydrogens (tertiary/aromatic N) is 1. The predicted octanol–water partition coefficient (Wildman–Crippen LogP) is 2.22. The zero-order valence-electron chi connectivity index (χ0n) is 6.12. The minimum Gasteiger partial charge on any atom is -0.337 e. The largest absolute Gasteiger partial charge is 0.337 e. The summed E-state index contributed by atoms with van der Waals surface area (Å²) in [5.41, 5.74) is 0. The van der Waals surface area contributed by atoms with Gasteiger partial charge in [0.2, 0.25) is 0 Å². The molecule has 1 fully saturated rings. The predicted molar refractivity (Wildman–Crippen MR) is 50.6 cm³/mol. The van der Waals surface area contributed by atoms with Gasteiger partial charge in [-0.3, -0.25) is 0 Å². The van der Waals surface area contributed by atoms with E-state index < -0.39 is 0 Å². The monoisotopic (exact) mass is 186 g/mol. The Morgan fingerprint density at radius 3 is 3.18 bits per heavy atom. The lowest BCUT2D eigenvalue weighted by Gasteiger charge is -2.08. The molecule has 1 saturated heterocycles. The molecule has 0 amide bonds. The van der Waals surface area contributed by atoms with E-state index in [2.05, 4.69) is 9.55 Å². The van der Waals surface area contributed by atoms with Crippen molar-refractivity contribution >= 4 is 24.0 Å². The summed E-state index contributed by atoms with van der Waals surface area (Å²) in [6, 6.07) is 0.638. The molecule has 4 heteroatoms. The first-order valence-corrected chi connectivity index (χ1v) is 5.27. The fourth-order valence-electron chi connectivity index (χ4n) is 1.36. The van der Waals surface area contributed by atoms with E-state index in [1.165, 1.54) is 17.9 Å². The van der Waals surface area contributed by atoms with E-state index in [0.717, 1.165) is 4.77 Å². The number of hydrogen-bond acceptors (Lipinski definition) is 2. The Labute approximate surface area is 75.0 Å². The Morgan fingerprint density at radius 2 is 2.64 bits per heavy atom. The zero-order valence-corrected chi connectivity index (χ0v) is 7.75. The summed E-state index contributed by atoms with van der Waals surface area (Å²) >= 11 is 7.13. The first-order chi connectivity index (χ1) is 5.38. The molecule has 1 aromatic heterocycles. The third-order valence-corrected chi connectivity index (χ3v) is 3.45. The summed E-state index contributed by atoms with van der Waals surface area (Å²) in [5.74, 6) is 2.49. The second-order valence-electron chi connectivity index (χ2n) is 2.69. The molecule has 0 aromatic carbocycles. The number of imidazole rings is 1. The van der Waals surface area contributed by atoms with Crippen molar-refractivity contribution in [2.24, 2.45) is 0 Å². The molecule has 2 nitrogen and oxygen atoms in total.